The van der Waals surface area contributed by atoms with Gasteiger partial charge in [0, 0.05) is 19.0 Å². The van der Waals surface area contributed by atoms with Crippen molar-refractivity contribution in [1.29, 1.82) is 0 Å². The Kier molecular flexibility index (Phi) is 8.66. The van der Waals surface area contributed by atoms with Crippen molar-refractivity contribution < 1.29 is 28.6 Å². The fraction of sp³-hybridized carbons (Fsp3) is 0.364. The highest BCUT2D eigenvalue weighted by Gasteiger charge is 2.36. The summed E-state index contributed by atoms with van der Waals surface area (Å²) in [4.78, 5) is 40.1. The zero-order valence-electron chi connectivity index (χ0n) is 24.2. The van der Waals surface area contributed by atoms with E-state index in [2.05, 4.69) is 34.9 Å². The number of carbonyl (C=O) groups is 3. The van der Waals surface area contributed by atoms with Gasteiger partial charge in [-0.1, -0.05) is 78.9 Å². The van der Waals surface area contributed by atoms with E-state index in [1.807, 2.05) is 54.6 Å². The highest BCUT2D eigenvalue weighted by molar-refractivity contribution is 5.79. The van der Waals surface area contributed by atoms with Gasteiger partial charge in [0.2, 0.25) is 0 Å². The molecule has 5 rings (SSSR count). The summed E-state index contributed by atoms with van der Waals surface area (Å²) in [5.74, 6) is -0.0883. The average molecular weight is 572 g/mol. The van der Waals surface area contributed by atoms with Gasteiger partial charge >= 0.3 is 18.3 Å². The molecule has 220 valence electrons. The van der Waals surface area contributed by atoms with E-state index in [0.29, 0.717) is 13.0 Å². The molecule has 0 unspecified atom stereocenters. The van der Waals surface area contributed by atoms with Crippen molar-refractivity contribution in [3.05, 3.63) is 95.6 Å². The minimum Gasteiger partial charge on any atom is -0.449 e. The van der Waals surface area contributed by atoms with Gasteiger partial charge in [0.15, 0.2) is 0 Å². The fourth-order valence-electron chi connectivity index (χ4n) is 5.47. The number of carbonyl (C=O) groups excluding carboxylic acids is 3. The number of piperidine rings is 1. The van der Waals surface area contributed by atoms with E-state index < -0.39 is 36.0 Å². The number of ether oxygens (including phenoxy) is 3. The summed E-state index contributed by atoms with van der Waals surface area (Å²) in [6.07, 6.45) is -1.31. The monoisotopic (exact) mass is 571 g/mol. The number of amides is 3. The molecule has 1 aliphatic carbocycles. The van der Waals surface area contributed by atoms with Gasteiger partial charge in [-0.25, -0.2) is 14.4 Å². The zero-order valence-corrected chi connectivity index (χ0v) is 24.2. The number of hydrogen-bond donors (Lipinski definition) is 2. The van der Waals surface area contributed by atoms with Crippen LogP contribution >= 0.6 is 0 Å². The maximum atomic E-state index is 13.1. The first-order chi connectivity index (χ1) is 20.2. The summed E-state index contributed by atoms with van der Waals surface area (Å²) in [6.45, 7) is 6.16. The summed E-state index contributed by atoms with van der Waals surface area (Å²) in [5.41, 5.74) is 4.70. The fourth-order valence-corrected chi connectivity index (χ4v) is 5.47. The van der Waals surface area contributed by atoms with Gasteiger partial charge in [-0.3, -0.25) is 0 Å². The molecule has 2 N–H and O–H groups in total. The largest absolute Gasteiger partial charge is 0.449 e. The van der Waals surface area contributed by atoms with E-state index >= 15 is 0 Å². The molecule has 1 saturated heterocycles. The Morgan fingerprint density at radius 3 is 2.00 bits per heavy atom. The van der Waals surface area contributed by atoms with E-state index in [0.717, 1.165) is 27.8 Å². The SMILES string of the molecule is CC(C)(C)OC(=O)N1CC[C@@H](NC(=O)OCc2ccccc2)[C@@H](NC(=O)OCC2c3ccccc3-c3ccccc32)C1. The molecule has 0 saturated carbocycles. The van der Waals surface area contributed by atoms with Crippen LogP contribution in [0.4, 0.5) is 14.4 Å². The van der Waals surface area contributed by atoms with E-state index in [9.17, 15) is 14.4 Å². The van der Waals surface area contributed by atoms with Crippen LogP contribution < -0.4 is 10.6 Å². The van der Waals surface area contributed by atoms with Crippen LogP contribution in [0.5, 0.6) is 0 Å². The normalized spacial score (nSPS) is 17.9. The molecule has 1 aliphatic heterocycles. The number of benzene rings is 3. The van der Waals surface area contributed by atoms with Crippen LogP contribution in [0.2, 0.25) is 0 Å². The zero-order chi connectivity index (χ0) is 29.7. The van der Waals surface area contributed by atoms with Crippen molar-refractivity contribution in [3.8, 4) is 11.1 Å². The molecule has 1 fully saturated rings. The van der Waals surface area contributed by atoms with Crippen LogP contribution in [0.15, 0.2) is 78.9 Å². The van der Waals surface area contributed by atoms with Crippen LogP contribution in [0, 0.1) is 0 Å². The molecule has 42 heavy (non-hydrogen) atoms. The van der Waals surface area contributed by atoms with Crippen LogP contribution in [0.1, 0.15) is 49.8 Å². The third-order valence-corrected chi connectivity index (χ3v) is 7.43. The van der Waals surface area contributed by atoms with Crippen molar-refractivity contribution in [2.45, 2.75) is 57.4 Å². The molecule has 0 radical (unpaired) electrons. The Balaban J connectivity index is 1.24. The third kappa shape index (κ3) is 7.02. The molecule has 3 amide bonds. The lowest BCUT2D eigenvalue weighted by atomic mass is 9.98. The lowest BCUT2D eigenvalue weighted by Gasteiger charge is -2.39. The van der Waals surface area contributed by atoms with E-state index in [1.54, 1.807) is 20.8 Å². The van der Waals surface area contributed by atoms with Crippen LogP contribution in [-0.4, -0.2) is 60.6 Å². The summed E-state index contributed by atoms with van der Waals surface area (Å²) >= 11 is 0. The predicted octanol–water partition coefficient (Wildman–Crippen LogP) is 5.83. The Morgan fingerprint density at radius 1 is 0.786 bits per heavy atom. The Hall–Kier alpha value is -4.53. The average Bonchev–Trinajstić information content (AvgIpc) is 3.29. The van der Waals surface area contributed by atoms with Crippen LogP contribution in [0.25, 0.3) is 11.1 Å². The molecule has 1 heterocycles. The quantitative estimate of drug-likeness (QED) is 0.361. The molecule has 0 bridgehead atoms. The molecule has 9 heteroatoms. The lowest BCUT2D eigenvalue weighted by molar-refractivity contribution is 0.0157. The molecule has 3 aromatic carbocycles. The van der Waals surface area contributed by atoms with Crippen LogP contribution in [-0.2, 0) is 20.8 Å². The van der Waals surface area contributed by atoms with Gasteiger partial charge in [-0.2, -0.15) is 0 Å². The molecule has 9 nitrogen and oxygen atoms in total. The lowest BCUT2D eigenvalue weighted by Crippen LogP contribution is -2.61. The van der Waals surface area contributed by atoms with Crippen LogP contribution in [0.3, 0.4) is 0 Å². The number of rotatable bonds is 6. The minimum absolute atomic E-state index is 0.0883. The number of fused-ring (bicyclic) bond motifs is 3. The topological polar surface area (TPSA) is 106 Å². The first kappa shape index (κ1) is 29.0. The number of nitrogens with zero attached hydrogens (tertiary/aromatic N) is 1. The second-order valence-electron chi connectivity index (χ2n) is 11.6. The van der Waals surface area contributed by atoms with Gasteiger partial charge in [0.05, 0.1) is 12.1 Å². The summed E-state index contributed by atoms with van der Waals surface area (Å²) in [7, 11) is 0. The molecular weight excluding hydrogens is 534 g/mol. The van der Waals surface area contributed by atoms with Gasteiger partial charge in [-0.15, -0.1) is 0 Å². The maximum Gasteiger partial charge on any atom is 0.410 e. The highest BCUT2D eigenvalue weighted by Crippen LogP contribution is 2.44. The first-order valence-electron chi connectivity index (χ1n) is 14.2. The van der Waals surface area contributed by atoms with Crippen molar-refractivity contribution in [2.75, 3.05) is 19.7 Å². The molecule has 0 aromatic heterocycles. The van der Waals surface area contributed by atoms with E-state index in [-0.39, 0.29) is 25.7 Å². The Morgan fingerprint density at radius 2 is 1.36 bits per heavy atom. The Labute approximate surface area is 246 Å². The van der Waals surface area contributed by atoms with Crippen molar-refractivity contribution in [2.24, 2.45) is 0 Å². The smallest absolute Gasteiger partial charge is 0.410 e. The summed E-state index contributed by atoms with van der Waals surface area (Å²) in [6, 6.07) is 24.5. The van der Waals surface area contributed by atoms with Gasteiger partial charge in [-0.05, 0) is 55.0 Å². The first-order valence-corrected chi connectivity index (χ1v) is 14.2. The molecule has 3 aromatic rings. The molecular formula is C33H37N3O6. The maximum absolute atomic E-state index is 13.1. The Bertz CT molecular complexity index is 1380. The van der Waals surface area contributed by atoms with Gasteiger partial charge in [0.1, 0.15) is 18.8 Å². The highest BCUT2D eigenvalue weighted by atomic mass is 16.6. The molecule has 2 aliphatic rings. The number of hydrogen-bond acceptors (Lipinski definition) is 6. The third-order valence-electron chi connectivity index (χ3n) is 7.43. The summed E-state index contributed by atoms with van der Waals surface area (Å²) in [5, 5.41) is 5.75. The van der Waals surface area contributed by atoms with Gasteiger partial charge < -0.3 is 29.7 Å². The minimum atomic E-state index is -0.664. The standard InChI is InChI=1S/C33H37N3O6/c1-33(2,3)42-32(39)36-18-17-28(34-30(37)40-20-22-11-5-4-6-12-22)29(19-36)35-31(38)41-21-27-25-15-9-7-13-23(25)24-14-8-10-16-26(24)27/h4-16,27-29H,17-21H2,1-3H3,(H,34,37)(H,35,38)/t28-,29+/m1/s1. The van der Waals surface area contributed by atoms with Crippen molar-refractivity contribution in [3.63, 3.8) is 0 Å². The number of nitrogens with one attached hydrogen (secondary N) is 2. The molecule has 2 atom stereocenters. The second kappa shape index (κ2) is 12.5. The predicted molar refractivity (Wildman–Crippen MR) is 158 cm³/mol. The second-order valence-corrected chi connectivity index (χ2v) is 11.6. The molecule has 0 spiro atoms. The van der Waals surface area contributed by atoms with E-state index in [1.165, 1.54) is 4.90 Å². The van der Waals surface area contributed by atoms with Gasteiger partial charge in [0.25, 0.3) is 0 Å². The van der Waals surface area contributed by atoms with Crippen molar-refractivity contribution in [1.82, 2.24) is 15.5 Å². The summed E-state index contributed by atoms with van der Waals surface area (Å²) < 4.78 is 16.7. The number of likely N-dealkylation sites (tertiary alicyclic amines) is 1. The number of alkyl carbamates (subject to hydrolysis) is 2. The van der Waals surface area contributed by atoms with Crippen molar-refractivity contribution >= 4 is 18.3 Å². The van der Waals surface area contributed by atoms with E-state index in [4.69, 9.17) is 14.2 Å².